The van der Waals surface area contributed by atoms with Crippen LogP contribution in [-0.4, -0.2) is 29.2 Å². The zero-order chi connectivity index (χ0) is 23.5. The first-order chi connectivity index (χ1) is 15.9. The average molecular weight is 466 g/mol. The van der Waals surface area contributed by atoms with Gasteiger partial charge < -0.3 is 19.4 Å². The molecule has 1 amide bonds. The Hall–Kier alpha value is -3.26. The molecule has 0 saturated carbocycles. The van der Waals surface area contributed by atoms with Gasteiger partial charge in [0.25, 0.3) is 5.56 Å². The molecule has 0 unspecified atom stereocenters. The van der Waals surface area contributed by atoms with Crippen molar-refractivity contribution in [2.45, 2.75) is 37.1 Å². The third kappa shape index (κ3) is 4.75. The molecule has 0 fully saturated rings. The van der Waals surface area contributed by atoms with Gasteiger partial charge in [0.2, 0.25) is 5.91 Å². The van der Waals surface area contributed by atoms with E-state index in [0.717, 1.165) is 11.1 Å². The van der Waals surface area contributed by atoms with Gasteiger partial charge in [-0.05, 0) is 37.1 Å². The van der Waals surface area contributed by atoms with Crippen LogP contribution in [0.1, 0.15) is 41.5 Å². The zero-order valence-corrected chi connectivity index (χ0v) is 20.0. The summed E-state index contributed by atoms with van der Waals surface area (Å²) in [6.45, 7) is 4.46. The van der Waals surface area contributed by atoms with E-state index in [1.165, 1.54) is 17.3 Å². The monoisotopic (exact) mass is 465 g/mol. The molecule has 2 aromatic carbocycles. The summed E-state index contributed by atoms with van der Waals surface area (Å²) in [6, 6.07) is 13.8. The van der Waals surface area contributed by atoms with Crippen molar-refractivity contribution in [3.05, 3.63) is 75.1 Å². The second kappa shape index (κ2) is 9.70. The molecule has 0 saturated heterocycles. The standard InChI is InChI=1S/C25H27N3O4S/c1-5-32-19-11-10-17(12-20(19)31-4)18-13-21(29)26-23-22(18)24(30)27-25(28(23)3)33-14-16-8-6-15(2)7-9-16/h6-12,18H,5,13-14H2,1-4H3,(H,26,29)/t18-/m0/s1. The number of aromatic nitrogens is 2. The second-order valence-electron chi connectivity index (χ2n) is 7.94. The van der Waals surface area contributed by atoms with Crippen molar-refractivity contribution < 1.29 is 14.3 Å². The van der Waals surface area contributed by atoms with E-state index in [1.54, 1.807) is 11.7 Å². The number of benzene rings is 2. The summed E-state index contributed by atoms with van der Waals surface area (Å²) in [5.74, 6) is 1.80. The molecule has 0 spiro atoms. The fourth-order valence-electron chi connectivity index (χ4n) is 3.96. The zero-order valence-electron chi connectivity index (χ0n) is 19.2. The Morgan fingerprint density at radius 2 is 1.91 bits per heavy atom. The lowest BCUT2D eigenvalue weighted by molar-refractivity contribution is -0.116. The molecule has 1 aromatic heterocycles. The number of hydrogen-bond donors (Lipinski definition) is 1. The molecule has 8 heteroatoms. The van der Waals surface area contributed by atoms with Crippen LogP contribution in [0.15, 0.2) is 52.4 Å². The minimum Gasteiger partial charge on any atom is -0.493 e. The number of fused-ring (bicyclic) bond motifs is 1. The van der Waals surface area contributed by atoms with E-state index in [-0.39, 0.29) is 17.9 Å². The highest BCUT2D eigenvalue weighted by Crippen LogP contribution is 2.39. The summed E-state index contributed by atoms with van der Waals surface area (Å²) in [5, 5.41) is 3.45. The molecule has 1 aliphatic heterocycles. The first-order valence-corrected chi connectivity index (χ1v) is 11.8. The largest absolute Gasteiger partial charge is 0.493 e. The molecule has 1 aliphatic rings. The summed E-state index contributed by atoms with van der Waals surface area (Å²) >= 11 is 1.47. The first kappa shape index (κ1) is 22.9. The van der Waals surface area contributed by atoms with Crippen LogP contribution < -0.4 is 20.3 Å². The van der Waals surface area contributed by atoms with Crippen molar-refractivity contribution in [2.24, 2.45) is 7.05 Å². The SMILES string of the molecule is CCOc1ccc([C@@H]2CC(=O)Nc3c2c(=O)nc(SCc2ccc(C)cc2)n3C)cc1OC. The van der Waals surface area contributed by atoms with Crippen LogP contribution >= 0.6 is 11.8 Å². The fourth-order valence-corrected chi connectivity index (χ4v) is 4.88. The number of ether oxygens (including phenoxy) is 2. The van der Waals surface area contributed by atoms with Gasteiger partial charge in [0, 0.05) is 25.1 Å². The Morgan fingerprint density at radius 1 is 1.15 bits per heavy atom. The van der Waals surface area contributed by atoms with E-state index in [2.05, 4.69) is 34.6 Å². The molecule has 1 N–H and O–H groups in total. The number of anilines is 1. The Morgan fingerprint density at radius 3 is 2.61 bits per heavy atom. The number of nitrogens with zero attached hydrogens (tertiary/aromatic N) is 2. The van der Waals surface area contributed by atoms with Gasteiger partial charge in [-0.1, -0.05) is 47.7 Å². The number of rotatable bonds is 7. The molecule has 0 aliphatic carbocycles. The van der Waals surface area contributed by atoms with Gasteiger partial charge in [0.15, 0.2) is 16.7 Å². The molecule has 4 rings (SSSR count). The van der Waals surface area contributed by atoms with Gasteiger partial charge in [-0.2, -0.15) is 4.98 Å². The lowest BCUT2D eigenvalue weighted by Gasteiger charge is -2.28. The van der Waals surface area contributed by atoms with Gasteiger partial charge in [0.05, 0.1) is 19.3 Å². The lowest BCUT2D eigenvalue weighted by atomic mass is 9.86. The highest BCUT2D eigenvalue weighted by atomic mass is 32.2. The number of aryl methyl sites for hydroxylation is 1. The number of thioether (sulfide) groups is 1. The molecule has 1 atom stereocenters. The maximum Gasteiger partial charge on any atom is 0.279 e. The number of carbonyl (C=O) groups is 1. The van der Waals surface area contributed by atoms with E-state index >= 15 is 0 Å². The van der Waals surface area contributed by atoms with Crippen LogP contribution in [0.4, 0.5) is 5.82 Å². The molecule has 172 valence electrons. The molecule has 0 bridgehead atoms. The summed E-state index contributed by atoms with van der Waals surface area (Å²) in [4.78, 5) is 30.1. The van der Waals surface area contributed by atoms with Gasteiger partial charge >= 0.3 is 0 Å². The van der Waals surface area contributed by atoms with E-state index < -0.39 is 5.92 Å². The van der Waals surface area contributed by atoms with E-state index in [9.17, 15) is 9.59 Å². The predicted octanol–water partition coefficient (Wildman–Crippen LogP) is 4.26. The normalized spacial score (nSPS) is 15.0. The second-order valence-corrected chi connectivity index (χ2v) is 8.89. The van der Waals surface area contributed by atoms with Crippen LogP contribution in [0, 0.1) is 6.92 Å². The van der Waals surface area contributed by atoms with Crippen LogP contribution in [0.25, 0.3) is 0 Å². The number of carbonyl (C=O) groups excluding carboxylic acids is 1. The molecule has 2 heterocycles. The van der Waals surface area contributed by atoms with Gasteiger partial charge in [-0.25, -0.2) is 0 Å². The molecule has 3 aromatic rings. The van der Waals surface area contributed by atoms with E-state index in [0.29, 0.717) is 40.4 Å². The quantitative estimate of drug-likeness (QED) is 0.415. The Balaban J connectivity index is 1.70. The molecule has 7 nitrogen and oxygen atoms in total. The number of nitrogens with one attached hydrogen (secondary N) is 1. The highest BCUT2D eigenvalue weighted by Gasteiger charge is 2.32. The van der Waals surface area contributed by atoms with Gasteiger partial charge in [0.1, 0.15) is 5.82 Å². The number of amides is 1. The molecular formula is C25H27N3O4S. The Kier molecular flexibility index (Phi) is 6.74. The number of hydrogen-bond acceptors (Lipinski definition) is 6. The van der Waals surface area contributed by atoms with Crippen molar-refractivity contribution >= 4 is 23.5 Å². The van der Waals surface area contributed by atoms with Crippen molar-refractivity contribution in [1.82, 2.24) is 9.55 Å². The third-order valence-corrected chi connectivity index (χ3v) is 6.78. The molecule has 0 radical (unpaired) electrons. The summed E-state index contributed by atoms with van der Waals surface area (Å²) < 4.78 is 12.9. The van der Waals surface area contributed by atoms with Crippen molar-refractivity contribution in [1.29, 1.82) is 0 Å². The smallest absolute Gasteiger partial charge is 0.279 e. The minimum atomic E-state index is -0.416. The fraction of sp³-hybridized carbons (Fsp3) is 0.320. The van der Waals surface area contributed by atoms with Crippen LogP contribution in [-0.2, 0) is 17.6 Å². The first-order valence-electron chi connectivity index (χ1n) is 10.8. The summed E-state index contributed by atoms with van der Waals surface area (Å²) in [6.07, 6.45) is 0.164. The lowest BCUT2D eigenvalue weighted by Crippen LogP contribution is -2.33. The average Bonchev–Trinajstić information content (AvgIpc) is 2.81. The summed E-state index contributed by atoms with van der Waals surface area (Å²) in [7, 11) is 3.39. The third-order valence-electron chi connectivity index (χ3n) is 5.68. The molecule has 33 heavy (non-hydrogen) atoms. The van der Waals surface area contributed by atoms with E-state index in [4.69, 9.17) is 9.47 Å². The molecular weight excluding hydrogens is 438 g/mol. The number of methoxy groups -OCH3 is 1. The van der Waals surface area contributed by atoms with Crippen LogP contribution in [0.2, 0.25) is 0 Å². The predicted molar refractivity (Wildman–Crippen MR) is 129 cm³/mol. The van der Waals surface area contributed by atoms with Gasteiger partial charge in [-0.3, -0.25) is 9.59 Å². The van der Waals surface area contributed by atoms with Crippen LogP contribution in [0.5, 0.6) is 11.5 Å². The Bertz CT molecular complexity index is 1240. The maximum absolute atomic E-state index is 13.2. The van der Waals surface area contributed by atoms with Gasteiger partial charge in [-0.15, -0.1) is 0 Å². The topological polar surface area (TPSA) is 82.5 Å². The van der Waals surface area contributed by atoms with Crippen molar-refractivity contribution in [3.8, 4) is 11.5 Å². The van der Waals surface area contributed by atoms with E-state index in [1.807, 2.05) is 39.1 Å². The Labute approximate surface area is 197 Å². The van der Waals surface area contributed by atoms with Crippen LogP contribution in [0.3, 0.4) is 0 Å². The maximum atomic E-state index is 13.2. The van der Waals surface area contributed by atoms with Crippen molar-refractivity contribution in [3.63, 3.8) is 0 Å². The minimum absolute atomic E-state index is 0.143. The summed E-state index contributed by atoms with van der Waals surface area (Å²) in [5.41, 5.74) is 3.31. The van der Waals surface area contributed by atoms with Crippen molar-refractivity contribution in [2.75, 3.05) is 19.0 Å². The highest BCUT2D eigenvalue weighted by molar-refractivity contribution is 7.98.